The van der Waals surface area contributed by atoms with Crippen molar-refractivity contribution in [2.45, 2.75) is 59.0 Å². The van der Waals surface area contributed by atoms with Crippen LogP contribution in [0.25, 0.3) is 0 Å². The van der Waals surface area contributed by atoms with Gasteiger partial charge < -0.3 is 10.2 Å². The molecule has 0 spiro atoms. The van der Waals surface area contributed by atoms with Crippen LogP contribution in [0.5, 0.6) is 0 Å². The zero-order valence-corrected chi connectivity index (χ0v) is 13.9. The zero-order chi connectivity index (χ0) is 15.7. The van der Waals surface area contributed by atoms with E-state index in [2.05, 4.69) is 31.2 Å². The molecule has 1 unspecified atom stereocenters. The normalized spacial score (nSPS) is 12.4. The van der Waals surface area contributed by atoms with Crippen LogP contribution in [0, 0.1) is 0 Å². The zero-order valence-electron chi connectivity index (χ0n) is 13.9. The largest absolute Gasteiger partial charge is 0.373 e. The lowest BCUT2D eigenvalue weighted by atomic mass is 10.1. The molecule has 21 heavy (non-hydrogen) atoms. The molecule has 5 nitrogen and oxygen atoms in total. The fourth-order valence-electron chi connectivity index (χ4n) is 2.27. The smallest absolute Gasteiger partial charge is 0.268 e. The van der Waals surface area contributed by atoms with Gasteiger partial charge in [-0.25, -0.2) is 4.68 Å². The summed E-state index contributed by atoms with van der Waals surface area (Å²) in [7, 11) is 1.96. The second-order valence-corrected chi connectivity index (χ2v) is 5.49. The summed E-state index contributed by atoms with van der Waals surface area (Å²) in [4.78, 5) is 14.1. The summed E-state index contributed by atoms with van der Waals surface area (Å²) in [5, 5.41) is 7.81. The fourth-order valence-corrected chi connectivity index (χ4v) is 2.27. The van der Waals surface area contributed by atoms with Crippen LogP contribution in [0.15, 0.2) is 17.1 Å². The van der Waals surface area contributed by atoms with Crippen molar-refractivity contribution in [2.24, 2.45) is 0 Å². The molecule has 0 radical (unpaired) electrons. The highest BCUT2D eigenvalue weighted by Gasteiger charge is 2.06. The molecule has 1 atom stereocenters. The first-order valence-corrected chi connectivity index (χ1v) is 8.14. The molecule has 0 aliphatic carbocycles. The van der Waals surface area contributed by atoms with E-state index in [0.717, 1.165) is 44.5 Å². The number of anilines is 1. The predicted octanol–water partition coefficient (Wildman–Crippen LogP) is 2.26. The van der Waals surface area contributed by atoms with Gasteiger partial charge in [-0.05, 0) is 39.2 Å². The highest BCUT2D eigenvalue weighted by molar-refractivity contribution is 5.41. The standard InChI is InChI=1S/C16H30N4O/c1-5-10-17-14(6-2)9-8-11-20-16(21)12-15(13-18-20)19(4)7-3/h12-14,17H,5-11H2,1-4H3. The van der Waals surface area contributed by atoms with E-state index >= 15 is 0 Å². The molecule has 1 aromatic rings. The Balaban J connectivity index is 2.50. The second-order valence-electron chi connectivity index (χ2n) is 5.49. The van der Waals surface area contributed by atoms with Crippen LogP contribution < -0.4 is 15.8 Å². The van der Waals surface area contributed by atoms with Crippen LogP contribution in [0.4, 0.5) is 5.69 Å². The molecule has 0 fully saturated rings. The molecule has 1 rings (SSSR count). The Bertz CT molecular complexity index is 458. The molecule has 5 heteroatoms. The third kappa shape index (κ3) is 5.87. The predicted molar refractivity (Wildman–Crippen MR) is 89.0 cm³/mol. The van der Waals surface area contributed by atoms with Crippen molar-refractivity contribution < 1.29 is 0 Å². The minimum atomic E-state index is -0.0117. The monoisotopic (exact) mass is 294 g/mol. The highest BCUT2D eigenvalue weighted by atomic mass is 16.1. The van der Waals surface area contributed by atoms with Gasteiger partial charge in [-0.2, -0.15) is 5.10 Å². The quantitative estimate of drug-likeness (QED) is 0.719. The van der Waals surface area contributed by atoms with Gasteiger partial charge in [0.1, 0.15) is 0 Å². The van der Waals surface area contributed by atoms with E-state index in [1.807, 2.05) is 11.9 Å². The molecule has 0 bridgehead atoms. The van der Waals surface area contributed by atoms with Gasteiger partial charge >= 0.3 is 0 Å². The summed E-state index contributed by atoms with van der Waals surface area (Å²) < 4.78 is 1.57. The second kappa shape index (κ2) is 9.55. The van der Waals surface area contributed by atoms with E-state index < -0.39 is 0 Å². The summed E-state index contributed by atoms with van der Waals surface area (Å²) in [6.07, 6.45) is 6.12. The summed E-state index contributed by atoms with van der Waals surface area (Å²) in [5.41, 5.74) is 0.872. The average molecular weight is 294 g/mol. The fraction of sp³-hybridized carbons (Fsp3) is 0.750. The van der Waals surface area contributed by atoms with Gasteiger partial charge in [0.25, 0.3) is 5.56 Å². The van der Waals surface area contributed by atoms with Gasteiger partial charge in [0.05, 0.1) is 11.9 Å². The topological polar surface area (TPSA) is 50.2 Å². The Hall–Kier alpha value is -1.36. The molecule has 0 amide bonds. The van der Waals surface area contributed by atoms with Crippen molar-refractivity contribution in [1.29, 1.82) is 0 Å². The molecule has 0 saturated heterocycles. The van der Waals surface area contributed by atoms with Gasteiger partial charge in [0, 0.05) is 32.2 Å². The Morgan fingerprint density at radius 2 is 2.14 bits per heavy atom. The summed E-state index contributed by atoms with van der Waals surface area (Å²) in [5.74, 6) is 0. The van der Waals surface area contributed by atoms with E-state index in [0.29, 0.717) is 12.6 Å². The molecular formula is C16H30N4O. The van der Waals surface area contributed by atoms with Gasteiger partial charge in [-0.15, -0.1) is 0 Å². The lowest BCUT2D eigenvalue weighted by Gasteiger charge is -2.17. The van der Waals surface area contributed by atoms with E-state index in [1.54, 1.807) is 16.9 Å². The molecule has 0 aromatic carbocycles. The SMILES string of the molecule is CCCNC(CC)CCCn1ncc(N(C)CC)cc1=O. The van der Waals surface area contributed by atoms with Crippen molar-refractivity contribution in [3.63, 3.8) is 0 Å². The Morgan fingerprint density at radius 1 is 1.38 bits per heavy atom. The first-order chi connectivity index (χ1) is 10.1. The van der Waals surface area contributed by atoms with Gasteiger partial charge in [0.15, 0.2) is 0 Å². The summed E-state index contributed by atoms with van der Waals surface area (Å²) in [6.45, 7) is 9.06. The first-order valence-electron chi connectivity index (χ1n) is 8.14. The molecule has 0 saturated carbocycles. The van der Waals surface area contributed by atoms with Crippen molar-refractivity contribution in [3.8, 4) is 0 Å². The van der Waals surface area contributed by atoms with Crippen molar-refractivity contribution >= 4 is 5.69 Å². The molecule has 1 heterocycles. The summed E-state index contributed by atoms with van der Waals surface area (Å²) >= 11 is 0. The lowest BCUT2D eigenvalue weighted by molar-refractivity contribution is 0.426. The van der Waals surface area contributed by atoms with Gasteiger partial charge in [-0.1, -0.05) is 13.8 Å². The number of rotatable bonds is 10. The van der Waals surface area contributed by atoms with E-state index in [-0.39, 0.29) is 5.56 Å². The maximum atomic E-state index is 12.0. The van der Waals surface area contributed by atoms with Gasteiger partial charge in [0.2, 0.25) is 0 Å². The molecule has 120 valence electrons. The number of nitrogens with one attached hydrogen (secondary N) is 1. The Labute approximate surface area is 128 Å². The molecular weight excluding hydrogens is 264 g/mol. The number of hydrogen-bond acceptors (Lipinski definition) is 4. The Morgan fingerprint density at radius 3 is 2.71 bits per heavy atom. The Kier molecular flexibility index (Phi) is 8.05. The maximum absolute atomic E-state index is 12.0. The summed E-state index contributed by atoms with van der Waals surface area (Å²) in [6, 6.07) is 2.22. The van der Waals surface area contributed by atoms with E-state index in [1.165, 1.54) is 0 Å². The lowest BCUT2D eigenvalue weighted by Crippen LogP contribution is -2.30. The molecule has 1 N–H and O–H groups in total. The number of nitrogens with zero attached hydrogens (tertiary/aromatic N) is 3. The molecule has 0 aliphatic rings. The number of aryl methyl sites for hydroxylation is 1. The van der Waals surface area contributed by atoms with Crippen molar-refractivity contribution in [2.75, 3.05) is 25.0 Å². The molecule has 0 aliphatic heterocycles. The average Bonchev–Trinajstić information content (AvgIpc) is 2.51. The van der Waals surface area contributed by atoms with Crippen molar-refractivity contribution in [3.05, 3.63) is 22.6 Å². The minimum absolute atomic E-state index is 0.0117. The first kappa shape index (κ1) is 17.7. The third-order valence-electron chi connectivity index (χ3n) is 3.87. The third-order valence-corrected chi connectivity index (χ3v) is 3.87. The number of aromatic nitrogens is 2. The van der Waals surface area contributed by atoms with Crippen LogP contribution >= 0.6 is 0 Å². The minimum Gasteiger partial charge on any atom is -0.373 e. The van der Waals surface area contributed by atoms with E-state index in [9.17, 15) is 4.79 Å². The van der Waals surface area contributed by atoms with Crippen LogP contribution in [0.1, 0.15) is 46.5 Å². The number of hydrogen-bond donors (Lipinski definition) is 1. The maximum Gasteiger partial charge on any atom is 0.268 e. The van der Waals surface area contributed by atoms with Crippen molar-refractivity contribution in [1.82, 2.24) is 15.1 Å². The van der Waals surface area contributed by atoms with E-state index in [4.69, 9.17) is 0 Å². The van der Waals surface area contributed by atoms with Crippen LogP contribution in [-0.2, 0) is 6.54 Å². The van der Waals surface area contributed by atoms with Gasteiger partial charge in [-0.3, -0.25) is 4.79 Å². The highest BCUT2D eigenvalue weighted by Crippen LogP contribution is 2.07. The van der Waals surface area contributed by atoms with Crippen LogP contribution in [-0.4, -0.2) is 36.0 Å². The van der Waals surface area contributed by atoms with Crippen LogP contribution in [0.2, 0.25) is 0 Å². The van der Waals surface area contributed by atoms with Crippen LogP contribution in [0.3, 0.4) is 0 Å². The molecule has 1 aromatic heterocycles.